The van der Waals surface area contributed by atoms with Crippen LogP contribution in [-0.4, -0.2) is 60.4 Å². The first kappa shape index (κ1) is 12.3. The fourth-order valence-electron chi connectivity index (χ4n) is 2.37. The lowest BCUT2D eigenvalue weighted by Crippen LogP contribution is -2.45. The van der Waals surface area contributed by atoms with E-state index in [9.17, 15) is 14.7 Å². The Bertz CT molecular complexity index is 313. The van der Waals surface area contributed by atoms with Crippen molar-refractivity contribution in [3.8, 4) is 0 Å². The molecule has 2 heterocycles. The van der Waals surface area contributed by atoms with E-state index >= 15 is 0 Å². The second kappa shape index (κ2) is 5.01. The van der Waals surface area contributed by atoms with Crippen LogP contribution >= 0.6 is 0 Å². The molecule has 6 heteroatoms. The van der Waals surface area contributed by atoms with Gasteiger partial charge in [-0.1, -0.05) is 0 Å². The summed E-state index contributed by atoms with van der Waals surface area (Å²) in [5.74, 6) is -0.692. The van der Waals surface area contributed by atoms with Gasteiger partial charge in [0.15, 0.2) is 0 Å². The molecular weight excluding hydrogens is 226 g/mol. The summed E-state index contributed by atoms with van der Waals surface area (Å²) in [6, 6.07) is -0.674. The second-order valence-electron chi connectivity index (χ2n) is 4.42. The number of hydrogen-bond acceptors (Lipinski definition) is 5. The van der Waals surface area contributed by atoms with E-state index in [-0.39, 0.29) is 18.9 Å². The molecule has 1 N–H and O–H groups in total. The third-order valence-electron chi connectivity index (χ3n) is 3.24. The van der Waals surface area contributed by atoms with Gasteiger partial charge in [0.2, 0.25) is 0 Å². The molecule has 2 rings (SSSR count). The third kappa shape index (κ3) is 2.42. The number of amides is 1. The Hall–Kier alpha value is -1.14. The molecule has 0 radical (unpaired) electrons. The number of carbonyl (C=O) groups is 2. The van der Waals surface area contributed by atoms with Crippen molar-refractivity contribution in [3.05, 3.63) is 0 Å². The number of carbonyl (C=O) groups excluding carboxylic acids is 2. The van der Waals surface area contributed by atoms with Crippen LogP contribution in [0.5, 0.6) is 0 Å². The number of β-amino-alcohol motifs (C(OH)–C–C–N with tert-alkyl or cyclic N) is 1. The molecule has 0 aromatic rings. The molecule has 0 aromatic heterocycles. The number of ether oxygens (including phenoxy) is 2. The van der Waals surface area contributed by atoms with E-state index in [4.69, 9.17) is 4.74 Å². The molecule has 2 fully saturated rings. The molecule has 2 saturated heterocycles. The summed E-state index contributed by atoms with van der Waals surface area (Å²) in [6.07, 6.45) is 0.650. The highest BCUT2D eigenvalue weighted by molar-refractivity contribution is 5.87. The minimum atomic E-state index is -0.674. The Morgan fingerprint density at radius 1 is 1.47 bits per heavy atom. The van der Waals surface area contributed by atoms with Gasteiger partial charge in [0.1, 0.15) is 12.1 Å². The topological polar surface area (TPSA) is 76.1 Å². The zero-order chi connectivity index (χ0) is 12.4. The molecule has 0 aromatic carbocycles. The third-order valence-corrected chi connectivity index (χ3v) is 3.24. The van der Waals surface area contributed by atoms with Crippen molar-refractivity contribution in [1.82, 2.24) is 4.90 Å². The Morgan fingerprint density at radius 2 is 2.24 bits per heavy atom. The number of likely N-dealkylation sites (tertiary alicyclic amines) is 1. The number of rotatable bonds is 2. The molecule has 1 amide bonds. The number of aliphatic hydroxyl groups excluding tert-OH is 1. The number of nitrogens with zero attached hydrogens (tertiary/aromatic N) is 1. The van der Waals surface area contributed by atoms with E-state index in [0.717, 1.165) is 6.42 Å². The van der Waals surface area contributed by atoms with Crippen molar-refractivity contribution in [3.63, 3.8) is 0 Å². The molecule has 96 valence electrons. The lowest BCUT2D eigenvalue weighted by molar-refractivity contribution is -0.154. The summed E-state index contributed by atoms with van der Waals surface area (Å²) in [5.41, 5.74) is 0. The summed E-state index contributed by atoms with van der Waals surface area (Å²) >= 11 is 0. The average molecular weight is 243 g/mol. The largest absolute Gasteiger partial charge is 0.467 e. The molecule has 0 aliphatic carbocycles. The minimum absolute atomic E-state index is 0.179. The molecule has 0 bridgehead atoms. The molecule has 17 heavy (non-hydrogen) atoms. The van der Waals surface area contributed by atoms with Crippen LogP contribution in [0.4, 0.5) is 0 Å². The van der Waals surface area contributed by atoms with Crippen molar-refractivity contribution in [2.75, 3.05) is 20.3 Å². The van der Waals surface area contributed by atoms with E-state index in [1.165, 1.54) is 12.0 Å². The maximum Gasteiger partial charge on any atom is 0.328 e. The fraction of sp³-hybridized carbons (Fsp3) is 0.818. The average Bonchev–Trinajstić information content (AvgIpc) is 2.95. The zero-order valence-corrected chi connectivity index (χ0v) is 9.80. The first-order valence-corrected chi connectivity index (χ1v) is 5.81. The second-order valence-corrected chi connectivity index (χ2v) is 4.42. The van der Waals surface area contributed by atoms with Crippen LogP contribution in [-0.2, 0) is 19.1 Å². The summed E-state index contributed by atoms with van der Waals surface area (Å²) in [5, 5.41) is 9.56. The highest BCUT2D eigenvalue weighted by Gasteiger charge is 2.42. The van der Waals surface area contributed by atoms with Crippen LogP contribution in [0.15, 0.2) is 0 Å². The minimum Gasteiger partial charge on any atom is -0.467 e. The SMILES string of the molecule is COC(=O)C1CC(O)CN1C(=O)[C@H]1CCCO1. The van der Waals surface area contributed by atoms with Gasteiger partial charge in [-0.15, -0.1) is 0 Å². The molecule has 2 aliphatic rings. The summed E-state index contributed by atoms with van der Waals surface area (Å²) < 4.78 is 9.94. The Balaban J connectivity index is 2.06. The van der Waals surface area contributed by atoms with E-state index in [1.54, 1.807) is 0 Å². The zero-order valence-electron chi connectivity index (χ0n) is 9.80. The molecule has 6 nitrogen and oxygen atoms in total. The van der Waals surface area contributed by atoms with Gasteiger partial charge in [0.25, 0.3) is 5.91 Å². The highest BCUT2D eigenvalue weighted by Crippen LogP contribution is 2.23. The quantitative estimate of drug-likeness (QED) is 0.649. The number of aliphatic hydroxyl groups is 1. The van der Waals surface area contributed by atoms with Crippen LogP contribution in [0.3, 0.4) is 0 Å². The van der Waals surface area contributed by atoms with Crippen LogP contribution in [0.2, 0.25) is 0 Å². The van der Waals surface area contributed by atoms with Gasteiger partial charge in [-0.3, -0.25) is 4.79 Å². The van der Waals surface area contributed by atoms with Gasteiger partial charge in [-0.05, 0) is 12.8 Å². The van der Waals surface area contributed by atoms with Gasteiger partial charge in [0, 0.05) is 19.6 Å². The van der Waals surface area contributed by atoms with E-state index in [0.29, 0.717) is 13.0 Å². The lowest BCUT2D eigenvalue weighted by atomic mass is 10.2. The standard InChI is InChI=1S/C11H17NO5/c1-16-11(15)8-5-7(13)6-12(8)10(14)9-3-2-4-17-9/h7-9,13H,2-6H2,1H3/t7?,8?,9-/m1/s1. The van der Waals surface area contributed by atoms with Crippen LogP contribution in [0.25, 0.3) is 0 Å². The van der Waals surface area contributed by atoms with Crippen molar-refractivity contribution < 1.29 is 24.2 Å². The monoisotopic (exact) mass is 243 g/mol. The number of esters is 1. The fourth-order valence-corrected chi connectivity index (χ4v) is 2.37. The maximum atomic E-state index is 12.1. The Labute approximate surface area is 99.5 Å². The molecule has 2 unspecified atom stereocenters. The van der Waals surface area contributed by atoms with Crippen LogP contribution < -0.4 is 0 Å². The first-order chi connectivity index (χ1) is 8.13. The predicted octanol–water partition coefficient (Wildman–Crippen LogP) is -0.700. The number of methoxy groups -OCH3 is 1. The van der Waals surface area contributed by atoms with Gasteiger partial charge >= 0.3 is 5.97 Å². The lowest BCUT2D eigenvalue weighted by Gasteiger charge is -2.24. The Kier molecular flexibility index (Phi) is 3.63. The first-order valence-electron chi connectivity index (χ1n) is 5.81. The van der Waals surface area contributed by atoms with E-state index in [1.807, 2.05) is 0 Å². The maximum absolute atomic E-state index is 12.1. The summed E-state index contributed by atoms with van der Waals surface area (Å²) in [7, 11) is 1.28. The molecule has 2 aliphatic heterocycles. The molecule has 0 spiro atoms. The Morgan fingerprint density at radius 3 is 2.82 bits per heavy atom. The molecular formula is C11H17NO5. The van der Waals surface area contributed by atoms with E-state index in [2.05, 4.69) is 4.74 Å². The van der Waals surface area contributed by atoms with Gasteiger partial charge in [-0.2, -0.15) is 0 Å². The molecule has 3 atom stereocenters. The number of hydrogen-bond donors (Lipinski definition) is 1. The predicted molar refractivity (Wildman–Crippen MR) is 57.1 cm³/mol. The van der Waals surface area contributed by atoms with E-state index < -0.39 is 24.2 Å². The van der Waals surface area contributed by atoms with Gasteiger partial charge in [0.05, 0.1) is 13.2 Å². The van der Waals surface area contributed by atoms with Crippen molar-refractivity contribution in [2.24, 2.45) is 0 Å². The van der Waals surface area contributed by atoms with Crippen molar-refractivity contribution in [2.45, 2.75) is 37.5 Å². The van der Waals surface area contributed by atoms with Crippen molar-refractivity contribution in [1.29, 1.82) is 0 Å². The summed E-state index contributed by atoms with van der Waals surface area (Å²) in [6.45, 7) is 0.758. The molecule has 0 saturated carbocycles. The van der Waals surface area contributed by atoms with Crippen LogP contribution in [0, 0.1) is 0 Å². The summed E-state index contributed by atoms with van der Waals surface area (Å²) in [4.78, 5) is 25.0. The van der Waals surface area contributed by atoms with Gasteiger partial charge in [-0.25, -0.2) is 4.79 Å². The van der Waals surface area contributed by atoms with Crippen molar-refractivity contribution >= 4 is 11.9 Å². The smallest absolute Gasteiger partial charge is 0.328 e. The highest BCUT2D eigenvalue weighted by atomic mass is 16.5. The normalized spacial score (nSPS) is 32.8. The van der Waals surface area contributed by atoms with Crippen LogP contribution in [0.1, 0.15) is 19.3 Å². The van der Waals surface area contributed by atoms with Gasteiger partial charge < -0.3 is 19.5 Å².